The van der Waals surface area contributed by atoms with Crippen LogP contribution >= 0.6 is 44.6 Å². The van der Waals surface area contributed by atoms with Crippen LogP contribution in [0.2, 0.25) is 0 Å². The number of halogens is 1. The van der Waals surface area contributed by atoms with Crippen molar-refractivity contribution < 1.29 is 72.7 Å². The first-order valence-electron chi connectivity index (χ1n) is 2.83. The molecule has 4 unspecified atom stereocenters. The number of alkyl halides is 1. The van der Waals surface area contributed by atoms with E-state index in [1.54, 1.807) is 0 Å². The Morgan fingerprint density at radius 3 is 0.824 bits per heavy atom. The molecule has 0 aromatic heterocycles. The van der Waals surface area contributed by atoms with Crippen LogP contribution in [0.4, 0.5) is 0 Å². The summed E-state index contributed by atoms with van der Waals surface area (Å²) in [6, 6.07) is 0. The van der Waals surface area contributed by atoms with Gasteiger partial charge in [0.25, 0.3) is 0 Å². The Hall–Kier alpha value is 1.85. The molecule has 0 aliphatic heterocycles. The van der Waals surface area contributed by atoms with Gasteiger partial charge in [-0.3, -0.25) is 8.62 Å². The largest absolute Gasteiger partial charge is 4.00 e. The molecule has 0 saturated heterocycles. The summed E-state index contributed by atoms with van der Waals surface area (Å²) in [4.78, 5) is 37.1. The van der Waals surface area contributed by atoms with E-state index in [2.05, 4.69) is 20.2 Å². The standard InChI is InChI=1S/CH3Cl.2H4O5P2.Zr/c1-2;2*1-6(2)5-7(3)4;/h1H3;2*6-7H,(H,1,2)(H,3,4);/q;;;+4/p-4. The molecule has 0 saturated carbocycles. The molecule has 0 aliphatic carbocycles. The predicted molar refractivity (Wildman–Crippen MR) is 50.0 cm³/mol. The molecule has 0 N–H and O–H groups in total. The molecule has 0 bridgehead atoms. The van der Waals surface area contributed by atoms with Crippen molar-refractivity contribution in [2.45, 2.75) is 0 Å². The van der Waals surface area contributed by atoms with Crippen molar-refractivity contribution in [3.05, 3.63) is 0 Å². The van der Waals surface area contributed by atoms with Gasteiger partial charge < -0.3 is 37.8 Å². The van der Waals surface area contributed by atoms with E-state index in [0.29, 0.717) is 0 Å². The van der Waals surface area contributed by atoms with Crippen molar-refractivity contribution in [2.75, 3.05) is 6.38 Å². The van der Waals surface area contributed by atoms with Gasteiger partial charge in [0.15, 0.2) is 0 Å². The van der Waals surface area contributed by atoms with Crippen molar-refractivity contribution in [1.82, 2.24) is 0 Å². The summed E-state index contributed by atoms with van der Waals surface area (Å²) >= 11 is 4.64. The SMILES string of the molecule is CCl.O=[PH]([O-])O[PH](=O)[O-].O=[PH]([O-])O[PH](=O)[O-].[Zr+4]. The molecule has 10 nitrogen and oxygen atoms in total. The third-order valence-corrected chi connectivity index (χ3v) is 3.00. The smallest absolute Gasteiger partial charge is 0.781 e. The van der Waals surface area contributed by atoms with Crippen LogP contribution in [-0.4, -0.2) is 6.38 Å². The first-order chi connectivity index (χ1) is 7.25. The van der Waals surface area contributed by atoms with Gasteiger partial charge in [0.05, 0.1) is 0 Å². The minimum Gasteiger partial charge on any atom is -0.781 e. The van der Waals surface area contributed by atoms with Crippen molar-refractivity contribution in [3.63, 3.8) is 0 Å². The molecule has 0 aromatic carbocycles. The molecule has 17 heavy (non-hydrogen) atoms. The van der Waals surface area contributed by atoms with Crippen molar-refractivity contribution in [3.8, 4) is 0 Å². The van der Waals surface area contributed by atoms with Gasteiger partial charge in [-0.2, -0.15) is 0 Å². The monoisotopic (exact) mass is 428 g/mol. The average Bonchev–Trinajstić information content (AvgIpc) is 2.03. The first kappa shape index (κ1) is 27.2. The van der Waals surface area contributed by atoms with Gasteiger partial charge in [0.2, 0.25) is 0 Å². The Labute approximate surface area is 123 Å². The number of hydrogen-bond acceptors (Lipinski definition) is 10. The van der Waals surface area contributed by atoms with E-state index in [0.717, 1.165) is 0 Å². The van der Waals surface area contributed by atoms with Gasteiger partial charge in [-0.05, 0) is 0 Å². The van der Waals surface area contributed by atoms with Crippen LogP contribution in [0.3, 0.4) is 0 Å². The van der Waals surface area contributed by atoms with E-state index in [1.807, 2.05) is 0 Å². The summed E-state index contributed by atoms with van der Waals surface area (Å²) in [5.74, 6) is 0. The fraction of sp³-hybridized carbons (Fsp3) is 1.00. The van der Waals surface area contributed by atoms with E-state index in [-0.39, 0.29) is 26.2 Å². The maximum Gasteiger partial charge on any atom is 4.00 e. The molecular formula is CH7ClO10P4Zr. The zero-order chi connectivity index (χ0) is 13.7. The van der Waals surface area contributed by atoms with Crippen LogP contribution < -0.4 is 19.6 Å². The maximum absolute atomic E-state index is 9.29. The Bertz CT molecular complexity index is 207. The molecule has 0 heterocycles. The molecular weight excluding hydrogens is 423 g/mol. The fourth-order valence-electron chi connectivity index (χ4n) is 0.136. The molecule has 0 rings (SSSR count). The van der Waals surface area contributed by atoms with E-state index >= 15 is 0 Å². The van der Waals surface area contributed by atoms with Gasteiger partial charge in [0, 0.05) is 6.38 Å². The van der Waals surface area contributed by atoms with Crippen LogP contribution in [0.15, 0.2) is 0 Å². The zero-order valence-corrected chi connectivity index (χ0v) is 15.2. The van der Waals surface area contributed by atoms with Crippen molar-refractivity contribution in [2.24, 2.45) is 0 Å². The Kier molecular flexibility index (Phi) is 32.3. The van der Waals surface area contributed by atoms with Gasteiger partial charge in [-0.25, -0.2) is 0 Å². The Morgan fingerprint density at radius 2 is 0.824 bits per heavy atom. The van der Waals surface area contributed by atoms with Gasteiger partial charge in [-0.15, -0.1) is 11.6 Å². The van der Waals surface area contributed by atoms with E-state index in [4.69, 9.17) is 0 Å². The van der Waals surface area contributed by atoms with E-state index < -0.39 is 33.0 Å². The maximum atomic E-state index is 9.29. The molecule has 0 aliphatic rings. The minimum atomic E-state index is -3.51. The fourth-order valence-corrected chi connectivity index (χ4v) is 1.22. The van der Waals surface area contributed by atoms with Crippen molar-refractivity contribution >= 4 is 44.6 Å². The third-order valence-electron chi connectivity index (χ3n) is 0.333. The normalized spacial score (nSPS) is 15.6. The van der Waals surface area contributed by atoms with Crippen molar-refractivity contribution in [1.29, 1.82) is 0 Å². The van der Waals surface area contributed by atoms with Gasteiger partial charge in [0.1, 0.15) is 33.0 Å². The van der Waals surface area contributed by atoms with Crippen LogP contribution in [0.5, 0.6) is 0 Å². The predicted octanol–water partition coefficient (Wildman–Crippen LogP) is -2.14. The van der Waals surface area contributed by atoms with Crippen LogP contribution in [0.1, 0.15) is 0 Å². The number of hydrogen-bond donors (Lipinski definition) is 0. The van der Waals surface area contributed by atoms with Crippen LogP contribution in [-0.2, 0) is 53.1 Å². The molecule has 0 spiro atoms. The van der Waals surface area contributed by atoms with E-state index in [1.165, 1.54) is 6.38 Å². The molecule has 4 atom stereocenters. The van der Waals surface area contributed by atoms with Crippen LogP contribution in [0, 0.1) is 0 Å². The third kappa shape index (κ3) is 46.2. The number of rotatable bonds is 4. The molecule has 0 amide bonds. The van der Waals surface area contributed by atoms with E-state index in [9.17, 15) is 37.8 Å². The Morgan fingerprint density at radius 1 is 0.706 bits per heavy atom. The summed E-state index contributed by atoms with van der Waals surface area (Å²) in [5.41, 5.74) is 0. The Balaban J connectivity index is -0.0000000823. The molecule has 0 radical (unpaired) electrons. The summed E-state index contributed by atoms with van der Waals surface area (Å²) in [5, 5.41) is 0. The summed E-state index contributed by atoms with van der Waals surface area (Å²) in [7, 11) is -14.1. The summed E-state index contributed by atoms with van der Waals surface area (Å²) < 4.78 is 43.6. The molecule has 102 valence electrons. The summed E-state index contributed by atoms with van der Waals surface area (Å²) in [6.07, 6.45) is 1.47. The van der Waals surface area contributed by atoms with Gasteiger partial charge in [-0.1, -0.05) is 0 Å². The average molecular weight is 430 g/mol. The molecule has 0 aromatic rings. The summed E-state index contributed by atoms with van der Waals surface area (Å²) in [6.45, 7) is 0. The van der Waals surface area contributed by atoms with Crippen LogP contribution in [0.25, 0.3) is 0 Å². The first-order valence-corrected chi connectivity index (χ1v) is 8.48. The minimum absolute atomic E-state index is 0. The topological polar surface area (TPSA) is 179 Å². The quantitative estimate of drug-likeness (QED) is 0.353. The second-order valence-electron chi connectivity index (χ2n) is 1.20. The second-order valence-corrected chi connectivity index (χ2v) is 4.84. The molecule has 0 fully saturated rings. The molecule has 16 heteroatoms. The second kappa shape index (κ2) is 20.2. The van der Waals surface area contributed by atoms with Gasteiger partial charge >= 0.3 is 26.2 Å². The zero-order valence-electron chi connectivity index (χ0n) is 7.96.